The molecule has 0 radical (unpaired) electrons. The first-order valence-electron chi connectivity index (χ1n) is 24.6. The van der Waals surface area contributed by atoms with Crippen molar-refractivity contribution >= 4 is 0 Å². The van der Waals surface area contributed by atoms with Crippen LogP contribution in [0.1, 0.15) is 80.3 Å². The number of phenolic OH excluding ortho intramolecular Hbond substituents is 2. The van der Waals surface area contributed by atoms with E-state index in [-0.39, 0.29) is 37.7 Å². The average molecular weight is 1120 g/mol. The first-order valence-corrected chi connectivity index (χ1v) is 24.6. The quantitative estimate of drug-likeness (QED) is 0.0471. The summed E-state index contributed by atoms with van der Waals surface area (Å²) in [5, 5.41) is 24.2. The number of fused-ring (bicyclic) bond motifs is 6. The van der Waals surface area contributed by atoms with E-state index >= 15 is 0 Å². The second kappa shape index (κ2) is 24.3. The largest absolute Gasteiger partial charge is 0.582 e. The van der Waals surface area contributed by atoms with Crippen LogP contribution in [0.15, 0.2) is 200 Å². The van der Waals surface area contributed by atoms with Crippen molar-refractivity contribution in [3.63, 3.8) is 0 Å². The summed E-state index contributed by atoms with van der Waals surface area (Å²) in [5.74, 6) is 13.0. The Hall–Kier alpha value is -8.46. The Balaban J connectivity index is 0.000000425. The summed E-state index contributed by atoms with van der Waals surface area (Å²) in [7, 11) is 0. The maximum Gasteiger partial charge on any atom is 0.262 e. The Bertz CT molecular complexity index is 3330. The molecular formula is C70H56HfO3. The van der Waals surface area contributed by atoms with E-state index in [1.54, 1.807) is 0 Å². The maximum absolute atomic E-state index is 12.1. The predicted molar refractivity (Wildman–Crippen MR) is 302 cm³/mol. The Kier molecular flexibility index (Phi) is 17.0. The van der Waals surface area contributed by atoms with Crippen molar-refractivity contribution in [2.45, 2.75) is 38.5 Å². The van der Waals surface area contributed by atoms with Gasteiger partial charge >= 0.3 is 0 Å². The standard InChI is InChI=1S/C56H44O3.C7H7.C7H3.Hf/c1-35-31-48(55(57)50(33-35)53-44-25-9-5-20-39(44)40-21-6-10-26-45(40)53)38-19-4-3-17-37(38)18-15-16-30-59-52-29-14-13-24-43(52)49-32-36(2)34-51(56(49)58)54-46-27-11-7-22-41(46)42-23-8-12-28-47(42)54;1-7-5-3-2-4-6-7;1-3-5-7-6-4-2;/h3-14,17-29,31-34,53-54H,15-16,30H2,1-2H3,(H-,57,58);2-6H,1H2;1H,2H2;/q;2*-1;/p+2. The third kappa shape index (κ3) is 11.1. The van der Waals surface area contributed by atoms with Crippen molar-refractivity contribution in [3.8, 4) is 97.8 Å². The van der Waals surface area contributed by atoms with Gasteiger partial charge in [-0.25, -0.2) is 5.92 Å². The monoisotopic (exact) mass is 1120 g/mol. The van der Waals surface area contributed by atoms with Crippen molar-refractivity contribution in [1.82, 2.24) is 0 Å². The van der Waals surface area contributed by atoms with Gasteiger partial charge in [0.05, 0.1) is 16.7 Å². The van der Waals surface area contributed by atoms with Gasteiger partial charge in [-0.1, -0.05) is 127 Å². The van der Waals surface area contributed by atoms with Gasteiger partial charge in [-0.3, -0.25) is 5.92 Å². The van der Waals surface area contributed by atoms with Gasteiger partial charge in [0.2, 0.25) is 0 Å². The first kappa shape index (κ1) is 51.9. The van der Waals surface area contributed by atoms with E-state index < -0.39 is 0 Å². The van der Waals surface area contributed by atoms with Crippen LogP contribution in [0.4, 0.5) is 0 Å². The van der Waals surface area contributed by atoms with Crippen LogP contribution in [0.5, 0.6) is 17.2 Å². The number of hydrogen-bond donors (Lipinski definition) is 2. The van der Waals surface area contributed by atoms with Gasteiger partial charge in [-0.15, -0.1) is 24.5 Å². The molecule has 2 aliphatic carbocycles. The number of para-hydroxylation sites is 1. The third-order valence-electron chi connectivity index (χ3n) is 13.4. The number of terminal acetylenes is 1. The molecule has 0 atom stereocenters. The van der Waals surface area contributed by atoms with Crippen molar-refractivity contribution < 1.29 is 40.8 Å². The SMILES string of the molecule is C#CC#CC#C[CH2-].Cc1cc(-c2ccccc2[CH+]CCC[OH+]c2ccccc2-c2cc(C)cc(C3c4ccccc4-c4ccccc43)c2O)c(O)c(C2c3ccccc3-c3ccccc32)c1.[CH2-]c1ccccc1.[Hf]. The molecule has 9 aromatic rings. The van der Waals surface area contributed by atoms with Crippen LogP contribution in [0.3, 0.4) is 0 Å². The van der Waals surface area contributed by atoms with Crippen molar-refractivity contribution in [1.29, 1.82) is 0 Å². The minimum Gasteiger partial charge on any atom is -0.582 e. The smallest absolute Gasteiger partial charge is 0.262 e. The molecule has 11 rings (SSSR count). The molecule has 3 N–H and O–H groups in total. The van der Waals surface area contributed by atoms with Gasteiger partial charge < -0.3 is 14.9 Å². The summed E-state index contributed by atoms with van der Waals surface area (Å²) in [6.07, 6.45) is 8.71. The molecule has 9 aromatic carbocycles. The molecule has 358 valence electrons. The van der Waals surface area contributed by atoms with E-state index in [9.17, 15) is 10.2 Å². The fourth-order valence-corrected chi connectivity index (χ4v) is 10.3. The summed E-state index contributed by atoms with van der Waals surface area (Å²) in [5.41, 5.74) is 19.7. The zero-order valence-corrected chi connectivity index (χ0v) is 45.3. The van der Waals surface area contributed by atoms with Gasteiger partial charge in [0.25, 0.3) is 5.75 Å². The van der Waals surface area contributed by atoms with Gasteiger partial charge in [-0.2, -0.15) is 31.5 Å². The summed E-state index contributed by atoms with van der Waals surface area (Å²) >= 11 is 0. The minimum atomic E-state index is -0.0481. The molecule has 74 heavy (non-hydrogen) atoms. The number of phenols is 2. The summed E-state index contributed by atoms with van der Waals surface area (Å²) in [6, 6.07) is 69.2. The molecule has 2 aliphatic rings. The summed E-state index contributed by atoms with van der Waals surface area (Å²) in [6.45, 7) is 11.8. The topological polar surface area (TPSA) is 53.3 Å². The van der Waals surface area contributed by atoms with Crippen LogP contribution in [-0.4, -0.2) is 21.6 Å². The second-order valence-corrected chi connectivity index (χ2v) is 18.2. The molecule has 0 heterocycles. The molecule has 0 bridgehead atoms. The van der Waals surface area contributed by atoms with E-state index in [0.29, 0.717) is 18.1 Å². The minimum absolute atomic E-state index is 0. The van der Waals surface area contributed by atoms with Crippen LogP contribution in [0.2, 0.25) is 0 Å². The van der Waals surface area contributed by atoms with Gasteiger partial charge in [-0.05, 0) is 112 Å². The number of benzene rings is 9. The summed E-state index contributed by atoms with van der Waals surface area (Å²) < 4.78 is 5.11. The van der Waals surface area contributed by atoms with Gasteiger partial charge in [0, 0.05) is 91.8 Å². The molecule has 0 unspecified atom stereocenters. The molecular weight excluding hydrogens is 1070 g/mol. The molecule has 0 amide bonds. The van der Waals surface area contributed by atoms with Crippen LogP contribution in [0.25, 0.3) is 44.5 Å². The molecule has 0 fully saturated rings. The second-order valence-electron chi connectivity index (χ2n) is 18.2. The molecule has 0 saturated heterocycles. The van der Waals surface area contributed by atoms with Crippen molar-refractivity contribution in [2.24, 2.45) is 0 Å². The summed E-state index contributed by atoms with van der Waals surface area (Å²) in [4.78, 5) is 0. The predicted octanol–water partition coefficient (Wildman–Crippen LogP) is 16.0. The van der Waals surface area contributed by atoms with Crippen LogP contribution >= 0.6 is 0 Å². The van der Waals surface area contributed by atoms with Crippen LogP contribution in [0, 0.1) is 70.1 Å². The molecule has 0 aliphatic heterocycles. The number of aryl methyl sites for hydroxylation is 2. The van der Waals surface area contributed by atoms with Crippen LogP contribution < -0.4 is 0 Å². The molecule has 4 heteroatoms. The molecule has 0 aromatic heterocycles. The van der Waals surface area contributed by atoms with Crippen LogP contribution in [-0.2, 0) is 25.8 Å². The number of aromatic hydroxyl groups is 3. The Morgan fingerprint density at radius 1 is 0.486 bits per heavy atom. The molecule has 0 saturated carbocycles. The van der Waals surface area contributed by atoms with Crippen molar-refractivity contribution in [3.05, 3.63) is 276 Å². The van der Waals surface area contributed by atoms with E-state index in [1.165, 1.54) is 44.5 Å². The number of unbranched alkanes of at least 4 members (excludes halogenated alkanes) is 1. The number of ether oxygens (including phenoxy) is 1. The Labute approximate surface area is 456 Å². The van der Waals surface area contributed by atoms with E-state index in [0.717, 1.165) is 74.2 Å². The van der Waals surface area contributed by atoms with E-state index in [2.05, 4.69) is 221 Å². The van der Waals surface area contributed by atoms with E-state index in [1.807, 2.05) is 42.5 Å². The Morgan fingerprint density at radius 2 is 0.905 bits per heavy atom. The Morgan fingerprint density at radius 3 is 1.36 bits per heavy atom. The average Bonchev–Trinajstić information content (AvgIpc) is 3.94. The number of aliphatic hydroxyl groups is 1. The zero-order valence-electron chi connectivity index (χ0n) is 41.7. The van der Waals surface area contributed by atoms with E-state index in [4.69, 9.17) is 11.2 Å². The fraction of sp³-hybridized carbons (Fsp3) is 0.100. The molecule has 0 spiro atoms. The number of hydrogen-bond acceptors (Lipinski definition) is 2. The fourth-order valence-electron chi connectivity index (χ4n) is 10.3. The number of rotatable bonds is 10. The third-order valence-corrected chi connectivity index (χ3v) is 13.4. The van der Waals surface area contributed by atoms with Gasteiger partial charge in [0.1, 0.15) is 17.1 Å². The normalized spacial score (nSPS) is 11.3. The zero-order chi connectivity index (χ0) is 50.7. The van der Waals surface area contributed by atoms with Gasteiger partial charge in [0.15, 0.2) is 6.61 Å². The maximum atomic E-state index is 12.1. The van der Waals surface area contributed by atoms with Crippen molar-refractivity contribution in [2.75, 3.05) is 6.61 Å². The first-order chi connectivity index (χ1) is 35.8. The molecule has 3 nitrogen and oxygen atoms in total.